The quantitative estimate of drug-likeness (QED) is 0.178. The molecule has 9 nitrogen and oxygen atoms in total. The fourth-order valence-electron chi connectivity index (χ4n) is 3.17. The van der Waals surface area contributed by atoms with E-state index in [1.807, 2.05) is 0 Å². The minimum absolute atomic E-state index is 0.204. The average molecular weight is 458 g/mol. The molecule has 0 bridgehead atoms. The number of unbranched alkanes of at least 4 members (excludes halogenated alkanes) is 4. The molecule has 0 spiro atoms. The Morgan fingerprint density at radius 1 is 0.968 bits per heavy atom. The number of aliphatic hydroxyl groups excluding tert-OH is 3. The van der Waals surface area contributed by atoms with Gasteiger partial charge in [0, 0.05) is 6.42 Å². The number of hydrogen-bond acceptors (Lipinski definition) is 7. The van der Waals surface area contributed by atoms with Crippen LogP contribution in [0.4, 0.5) is 0 Å². The van der Waals surface area contributed by atoms with Crippen LogP contribution in [0.25, 0.3) is 0 Å². The first kappa shape index (κ1) is 25.6. The molecule has 1 aromatic rings. The molecule has 10 heteroatoms. The van der Waals surface area contributed by atoms with Crippen LogP contribution in [0, 0.1) is 12.3 Å². The van der Waals surface area contributed by atoms with Crippen LogP contribution in [0.2, 0.25) is 0 Å². The van der Waals surface area contributed by atoms with Crippen molar-refractivity contribution in [1.82, 2.24) is 0 Å². The summed E-state index contributed by atoms with van der Waals surface area (Å²) in [6.45, 7) is 0.575. The maximum Gasteiger partial charge on any atom is 0.325 e. The van der Waals surface area contributed by atoms with Crippen molar-refractivity contribution >= 4 is 7.60 Å². The molecule has 0 unspecified atom stereocenters. The van der Waals surface area contributed by atoms with Crippen molar-refractivity contribution in [2.75, 3.05) is 12.8 Å². The van der Waals surface area contributed by atoms with Crippen molar-refractivity contribution in [2.45, 2.75) is 69.2 Å². The summed E-state index contributed by atoms with van der Waals surface area (Å²) in [6, 6.07) is 6.61. The van der Waals surface area contributed by atoms with Crippen molar-refractivity contribution in [3.63, 3.8) is 0 Å². The zero-order chi connectivity index (χ0) is 22.9. The summed E-state index contributed by atoms with van der Waals surface area (Å²) in [5, 5.41) is 30.2. The van der Waals surface area contributed by atoms with Gasteiger partial charge in [-0.25, -0.2) is 0 Å². The van der Waals surface area contributed by atoms with Crippen molar-refractivity contribution in [3.05, 3.63) is 24.3 Å². The minimum atomic E-state index is -4.30. The lowest BCUT2D eigenvalue weighted by molar-refractivity contribution is -0.272. The van der Waals surface area contributed by atoms with Gasteiger partial charge in [-0.1, -0.05) is 12.8 Å². The highest BCUT2D eigenvalue weighted by Gasteiger charge is 2.45. The molecular weight excluding hydrogens is 427 g/mol. The van der Waals surface area contributed by atoms with E-state index in [-0.39, 0.29) is 6.42 Å². The zero-order valence-corrected chi connectivity index (χ0v) is 18.1. The zero-order valence-electron chi connectivity index (χ0n) is 17.2. The fraction of sp³-hybridized carbons (Fsp3) is 0.619. The molecule has 5 atom stereocenters. The van der Waals surface area contributed by atoms with Crippen LogP contribution >= 0.6 is 7.60 Å². The summed E-state index contributed by atoms with van der Waals surface area (Å²) < 4.78 is 27.8. The van der Waals surface area contributed by atoms with E-state index in [1.165, 1.54) is 0 Å². The summed E-state index contributed by atoms with van der Waals surface area (Å²) in [5.74, 6) is 3.60. The Morgan fingerprint density at radius 3 is 2.26 bits per heavy atom. The van der Waals surface area contributed by atoms with Gasteiger partial charge in [-0.2, -0.15) is 0 Å². The molecule has 0 aliphatic carbocycles. The first-order valence-corrected chi connectivity index (χ1v) is 12.1. The lowest BCUT2D eigenvalue weighted by Crippen LogP contribution is -2.59. The Balaban J connectivity index is 1.83. The molecule has 2 rings (SSSR count). The van der Waals surface area contributed by atoms with Crippen LogP contribution < -0.4 is 9.47 Å². The predicted molar refractivity (Wildman–Crippen MR) is 113 cm³/mol. The average Bonchev–Trinajstić information content (AvgIpc) is 2.73. The van der Waals surface area contributed by atoms with Crippen LogP contribution in [-0.2, 0) is 9.30 Å². The molecule has 1 aromatic carbocycles. The molecule has 1 fully saturated rings. The van der Waals surface area contributed by atoms with E-state index in [0.717, 1.165) is 32.1 Å². The Bertz CT molecular complexity index is 742. The summed E-state index contributed by atoms with van der Waals surface area (Å²) in [6.07, 6.45) is 2.30. The summed E-state index contributed by atoms with van der Waals surface area (Å²) in [4.78, 5) is 18.0. The maximum atomic E-state index is 11.1. The number of terminal acetylenes is 1. The number of ether oxygens (including phenoxy) is 3. The molecular formula is C21H31O9P. The van der Waals surface area contributed by atoms with Gasteiger partial charge in [0.15, 0.2) is 0 Å². The van der Waals surface area contributed by atoms with Gasteiger partial charge < -0.3 is 39.3 Å². The largest absolute Gasteiger partial charge is 0.494 e. The molecule has 0 radical (unpaired) electrons. The molecule has 1 aliphatic rings. The normalized spacial score (nSPS) is 26.3. The summed E-state index contributed by atoms with van der Waals surface area (Å²) >= 11 is 0. The van der Waals surface area contributed by atoms with Gasteiger partial charge in [-0.3, -0.25) is 4.57 Å². The number of aliphatic hydroxyl groups is 3. The highest BCUT2D eigenvalue weighted by Crippen LogP contribution is 2.37. The van der Waals surface area contributed by atoms with E-state index in [1.54, 1.807) is 24.3 Å². The summed E-state index contributed by atoms with van der Waals surface area (Å²) in [5.41, 5.74) is 0. The van der Waals surface area contributed by atoms with Crippen LogP contribution in [0.1, 0.15) is 38.5 Å². The van der Waals surface area contributed by atoms with Gasteiger partial charge in [0.25, 0.3) is 0 Å². The van der Waals surface area contributed by atoms with E-state index < -0.39 is 44.5 Å². The van der Waals surface area contributed by atoms with Crippen LogP contribution in [0.3, 0.4) is 0 Å². The second-order valence-electron chi connectivity index (χ2n) is 7.50. The molecule has 1 heterocycles. The first-order valence-electron chi connectivity index (χ1n) is 10.3. The Kier molecular flexibility index (Phi) is 10.3. The van der Waals surface area contributed by atoms with Gasteiger partial charge in [0.2, 0.25) is 6.29 Å². The lowest BCUT2D eigenvalue weighted by Gasteiger charge is -2.40. The smallest absolute Gasteiger partial charge is 0.325 e. The van der Waals surface area contributed by atoms with Gasteiger partial charge in [-0.05, 0) is 43.5 Å². The van der Waals surface area contributed by atoms with E-state index in [0.29, 0.717) is 18.1 Å². The molecule has 0 saturated carbocycles. The topological polar surface area (TPSA) is 146 Å². The van der Waals surface area contributed by atoms with Crippen molar-refractivity contribution < 1.29 is 43.9 Å². The first-order chi connectivity index (χ1) is 14.7. The highest BCUT2D eigenvalue weighted by atomic mass is 31.2. The second kappa shape index (κ2) is 12.4. The second-order valence-corrected chi connectivity index (χ2v) is 9.27. The molecule has 5 N–H and O–H groups in total. The van der Waals surface area contributed by atoms with Gasteiger partial charge in [0.05, 0.1) is 18.9 Å². The van der Waals surface area contributed by atoms with Crippen molar-refractivity contribution in [2.24, 2.45) is 0 Å². The Hall–Kier alpha value is -1.63. The molecule has 31 heavy (non-hydrogen) atoms. The van der Waals surface area contributed by atoms with Crippen molar-refractivity contribution in [1.29, 1.82) is 0 Å². The Morgan fingerprint density at radius 2 is 1.61 bits per heavy atom. The van der Waals surface area contributed by atoms with Crippen LogP contribution in [0.15, 0.2) is 24.3 Å². The van der Waals surface area contributed by atoms with Gasteiger partial charge in [-0.15, -0.1) is 12.3 Å². The summed E-state index contributed by atoms with van der Waals surface area (Å²) in [7, 11) is -4.30. The molecule has 0 aromatic heterocycles. The molecule has 174 valence electrons. The third kappa shape index (κ3) is 8.79. The van der Waals surface area contributed by atoms with Crippen LogP contribution in [0.5, 0.6) is 11.5 Å². The SMILES string of the molecule is C#CCCCCCCOc1ccc(O[C@H]2O[C@H](CCP(=O)(O)O)[C@@H](O)[C@H](O)[C@@H]2O)cc1. The lowest BCUT2D eigenvalue weighted by atomic mass is 9.97. The number of rotatable bonds is 12. The molecule has 1 aliphatic heterocycles. The van der Waals surface area contributed by atoms with E-state index >= 15 is 0 Å². The number of hydrogen-bond donors (Lipinski definition) is 5. The van der Waals surface area contributed by atoms with Gasteiger partial charge >= 0.3 is 7.60 Å². The predicted octanol–water partition coefficient (Wildman–Crippen LogP) is 1.40. The van der Waals surface area contributed by atoms with Crippen LogP contribution in [-0.4, -0.2) is 68.6 Å². The molecule has 1 saturated heterocycles. The van der Waals surface area contributed by atoms with E-state index in [2.05, 4.69) is 5.92 Å². The maximum absolute atomic E-state index is 11.1. The third-order valence-electron chi connectivity index (χ3n) is 4.93. The monoisotopic (exact) mass is 458 g/mol. The third-order valence-corrected chi connectivity index (χ3v) is 5.77. The standard InChI is InChI=1S/C21H31O9P/c1-2-3-4-5-6-7-13-28-15-8-10-16(11-9-15)29-21-20(24)19(23)18(22)17(30-21)12-14-31(25,26)27/h1,8-11,17-24H,3-7,12-14H2,(H2,25,26,27)/t17-,18-,19+,20+,21+/m1/s1. The minimum Gasteiger partial charge on any atom is -0.494 e. The van der Waals surface area contributed by atoms with E-state index in [4.69, 9.17) is 30.4 Å². The fourth-order valence-corrected chi connectivity index (χ4v) is 3.76. The van der Waals surface area contributed by atoms with Crippen molar-refractivity contribution in [3.8, 4) is 23.8 Å². The highest BCUT2D eigenvalue weighted by molar-refractivity contribution is 7.51. The van der Waals surface area contributed by atoms with E-state index in [9.17, 15) is 19.9 Å². The van der Waals surface area contributed by atoms with Gasteiger partial charge in [0.1, 0.15) is 29.8 Å². The molecule has 0 amide bonds. The Labute approximate surface area is 182 Å². The number of benzene rings is 1.